The molecule has 4 rings (SSSR count). The number of carbonyl (C=O) groups is 1. The number of esters is 1. The molecule has 0 spiro atoms. The Morgan fingerprint density at radius 1 is 1.24 bits per heavy atom. The van der Waals surface area contributed by atoms with Gasteiger partial charge >= 0.3 is 5.97 Å². The van der Waals surface area contributed by atoms with Gasteiger partial charge < -0.3 is 10.1 Å². The minimum absolute atomic E-state index is 0.322. The normalized spacial score (nSPS) is 11.0. The first-order chi connectivity index (χ1) is 14.1. The van der Waals surface area contributed by atoms with Crippen molar-refractivity contribution in [3.05, 3.63) is 58.9 Å². The second-order valence-electron chi connectivity index (χ2n) is 6.58. The van der Waals surface area contributed by atoms with Crippen molar-refractivity contribution < 1.29 is 9.53 Å². The van der Waals surface area contributed by atoms with Crippen molar-refractivity contribution in [3.63, 3.8) is 0 Å². The van der Waals surface area contributed by atoms with Gasteiger partial charge in [0.1, 0.15) is 21.9 Å². The van der Waals surface area contributed by atoms with Gasteiger partial charge in [-0.1, -0.05) is 30.3 Å². The van der Waals surface area contributed by atoms with Crippen molar-refractivity contribution in [1.82, 2.24) is 19.7 Å². The van der Waals surface area contributed by atoms with Crippen LogP contribution in [0.25, 0.3) is 21.5 Å². The molecule has 148 valence electrons. The van der Waals surface area contributed by atoms with Crippen LogP contribution in [0.4, 0.5) is 5.82 Å². The molecule has 0 atom stereocenters. The highest BCUT2D eigenvalue weighted by Gasteiger charge is 2.20. The quantitative estimate of drug-likeness (QED) is 0.483. The topological polar surface area (TPSA) is 81.9 Å². The smallest absolute Gasteiger partial charge is 0.348 e. The Labute approximate surface area is 172 Å². The van der Waals surface area contributed by atoms with E-state index in [1.54, 1.807) is 6.92 Å². The van der Waals surface area contributed by atoms with E-state index in [4.69, 9.17) is 4.74 Å². The van der Waals surface area contributed by atoms with Gasteiger partial charge in [0.25, 0.3) is 0 Å². The zero-order valence-electron chi connectivity index (χ0n) is 16.5. The van der Waals surface area contributed by atoms with Crippen molar-refractivity contribution in [2.45, 2.75) is 20.4 Å². The van der Waals surface area contributed by atoms with Crippen LogP contribution < -0.4 is 5.32 Å². The molecule has 0 aliphatic rings. The number of thiophene rings is 1. The lowest BCUT2D eigenvalue weighted by Crippen LogP contribution is -2.05. The molecule has 0 aliphatic heterocycles. The van der Waals surface area contributed by atoms with Crippen LogP contribution in [-0.2, 0) is 18.3 Å². The van der Waals surface area contributed by atoms with Crippen molar-refractivity contribution in [1.29, 1.82) is 0 Å². The van der Waals surface area contributed by atoms with Crippen molar-refractivity contribution in [2.24, 2.45) is 7.05 Å². The fourth-order valence-corrected chi connectivity index (χ4v) is 4.32. The van der Waals surface area contributed by atoms with E-state index in [0.717, 1.165) is 32.6 Å². The molecular weight excluding hydrogens is 386 g/mol. The number of aromatic nitrogens is 4. The van der Waals surface area contributed by atoms with Gasteiger partial charge in [-0.3, -0.25) is 4.68 Å². The minimum Gasteiger partial charge on any atom is -0.462 e. The van der Waals surface area contributed by atoms with Gasteiger partial charge in [0.05, 0.1) is 17.7 Å². The highest BCUT2D eigenvalue weighted by molar-refractivity contribution is 7.20. The monoisotopic (exact) mass is 407 g/mol. The van der Waals surface area contributed by atoms with Crippen LogP contribution in [0.1, 0.15) is 27.7 Å². The van der Waals surface area contributed by atoms with Crippen LogP contribution in [-0.4, -0.2) is 32.3 Å². The molecule has 3 heterocycles. The number of rotatable bonds is 6. The summed E-state index contributed by atoms with van der Waals surface area (Å²) in [6.45, 7) is 4.59. The Morgan fingerprint density at radius 2 is 2.03 bits per heavy atom. The molecule has 0 radical (unpaired) electrons. The third-order valence-corrected chi connectivity index (χ3v) is 5.77. The van der Waals surface area contributed by atoms with Crippen LogP contribution in [0.5, 0.6) is 0 Å². The number of hydrogen-bond acceptors (Lipinski definition) is 7. The third kappa shape index (κ3) is 3.71. The number of carbonyl (C=O) groups excluding carboxylic acids is 1. The van der Waals surface area contributed by atoms with Crippen LogP contribution in [0.3, 0.4) is 0 Å². The molecule has 29 heavy (non-hydrogen) atoms. The van der Waals surface area contributed by atoms with Gasteiger partial charge in [-0.15, -0.1) is 11.3 Å². The second-order valence-corrected chi connectivity index (χ2v) is 7.57. The second kappa shape index (κ2) is 8.00. The molecule has 7 nitrogen and oxygen atoms in total. The molecule has 0 bridgehead atoms. The number of benzene rings is 1. The third-order valence-electron chi connectivity index (χ3n) is 4.59. The molecule has 3 aromatic heterocycles. The van der Waals surface area contributed by atoms with Crippen molar-refractivity contribution in [3.8, 4) is 11.3 Å². The highest BCUT2D eigenvalue weighted by Crippen LogP contribution is 2.34. The lowest BCUT2D eigenvalue weighted by Gasteiger charge is -2.08. The zero-order valence-corrected chi connectivity index (χ0v) is 17.3. The minimum atomic E-state index is -0.322. The van der Waals surface area contributed by atoms with Crippen molar-refractivity contribution in [2.75, 3.05) is 11.9 Å². The molecule has 0 aliphatic carbocycles. The lowest BCUT2D eigenvalue weighted by molar-refractivity contribution is 0.0531. The maximum Gasteiger partial charge on any atom is 0.348 e. The predicted octanol–water partition coefficient (Wildman–Crippen LogP) is 4.19. The van der Waals surface area contributed by atoms with E-state index < -0.39 is 0 Å². The summed E-state index contributed by atoms with van der Waals surface area (Å²) in [5.74, 6) is 0.375. The average molecular weight is 407 g/mol. The Kier molecular flexibility index (Phi) is 5.26. The fourth-order valence-electron chi connectivity index (χ4n) is 3.28. The number of aryl methyl sites for hydroxylation is 2. The number of fused-ring (bicyclic) bond motifs is 1. The number of nitrogens with one attached hydrogen (secondary N) is 1. The summed E-state index contributed by atoms with van der Waals surface area (Å²) in [4.78, 5) is 22.3. The van der Waals surface area contributed by atoms with Gasteiger partial charge in [0, 0.05) is 30.9 Å². The standard InChI is InChI=1S/C21H21N5O2S/c1-4-28-21(27)18-13(2)16-19(23-12-24-20(16)29-18)22-10-15-11-26(3)25-17(15)14-8-6-5-7-9-14/h5-9,11-12H,4,10H2,1-3H3,(H,22,23,24). The molecule has 0 fully saturated rings. The van der Waals surface area contributed by atoms with Crippen LogP contribution in [0, 0.1) is 6.92 Å². The van der Waals surface area contributed by atoms with Gasteiger partial charge in [-0.2, -0.15) is 5.10 Å². The van der Waals surface area contributed by atoms with Gasteiger partial charge in [-0.25, -0.2) is 14.8 Å². The van der Waals surface area contributed by atoms with E-state index in [1.807, 2.05) is 55.2 Å². The van der Waals surface area contributed by atoms with Gasteiger partial charge in [0.15, 0.2) is 0 Å². The molecule has 4 aromatic rings. The van der Waals surface area contributed by atoms with E-state index in [-0.39, 0.29) is 5.97 Å². The Morgan fingerprint density at radius 3 is 2.79 bits per heavy atom. The van der Waals surface area contributed by atoms with E-state index in [0.29, 0.717) is 23.8 Å². The molecule has 0 saturated heterocycles. The van der Waals surface area contributed by atoms with Crippen LogP contribution in [0.2, 0.25) is 0 Å². The summed E-state index contributed by atoms with van der Waals surface area (Å²) in [6.07, 6.45) is 3.51. The molecule has 1 aromatic carbocycles. The van der Waals surface area contributed by atoms with E-state index in [1.165, 1.54) is 17.7 Å². The molecule has 0 saturated carbocycles. The van der Waals surface area contributed by atoms with Crippen LogP contribution >= 0.6 is 11.3 Å². The number of nitrogens with zero attached hydrogens (tertiary/aromatic N) is 4. The van der Waals surface area contributed by atoms with Crippen LogP contribution in [0.15, 0.2) is 42.9 Å². The lowest BCUT2D eigenvalue weighted by atomic mass is 10.1. The van der Waals surface area contributed by atoms with E-state index in [9.17, 15) is 4.79 Å². The summed E-state index contributed by atoms with van der Waals surface area (Å²) in [6, 6.07) is 10.1. The Bertz CT molecular complexity index is 1170. The summed E-state index contributed by atoms with van der Waals surface area (Å²) in [7, 11) is 1.91. The maximum atomic E-state index is 12.2. The molecule has 8 heteroatoms. The van der Waals surface area contributed by atoms with Gasteiger partial charge in [0.2, 0.25) is 0 Å². The zero-order chi connectivity index (χ0) is 20.4. The molecule has 0 unspecified atom stereocenters. The van der Waals surface area contributed by atoms with Gasteiger partial charge in [-0.05, 0) is 19.4 Å². The fraction of sp³-hybridized carbons (Fsp3) is 0.238. The van der Waals surface area contributed by atoms with Crippen molar-refractivity contribution >= 4 is 33.3 Å². The first-order valence-electron chi connectivity index (χ1n) is 9.31. The molecule has 0 amide bonds. The SMILES string of the molecule is CCOC(=O)c1sc2ncnc(NCc3cn(C)nc3-c3ccccc3)c2c1C. The summed E-state index contributed by atoms with van der Waals surface area (Å²) in [5.41, 5.74) is 3.89. The maximum absolute atomic E-state index is 12.2. The number of hydrogen-bond donors (Lipinski definition) is 1. The summed E-state index contributed by atoms with van der Waals surface area (Å²) >= 11 is 1.33. The summed E-state index contributed by atoms with van der Waals surface area (Å²) < 4.78 is 6.98. The first kappa shape index (κ1) is 19.1. The predicted molar refractivity (Wildman–Crippen MR) is 114 cm³/mol. The Hall–Kier alpha value is -3.26. The highest BCUT2D eigenvalue weighted by atomic mass is 32.1. The largest absolute Gasteiger partial charge is 0.462 e. The summed E-state index contributed by atoms with van der Waals surface area (Å²) in [5, 5.41) is 8.86. The molecule has 1 N–H and O–H groups in total. The first-order valence-corrected chi connectivity index (χ1v) is 10.1. The van der Waals surface area contributed by atoms with E-state index in [2.05, 4.69) is 20.4 Å². The molecular formula is C21H21N5O2S. The van der Waals surface area contributed by atoms with E-state index >= 15 is 0 Å². The number of anilines is 1. The number of ether oxygens (including phenoxy) is 1. The average Bonchev–Trinajstić information content (AvgIpc) is 3.27. The Balaban J connectivity index is 1.66.